The van der Waals surface area contributed by atoms with Crippen molar-refractivity contribution in [3.63, 3.8) is 0 Å². The van der Waals surface area contributed by atoms with Crippen molar-refractivity contribution < 1.29 is 18.7 Å². The summed E-state index contributed by atoms with van der Waals surface area (Å²) in [6, 6.07) is 3.72. The van der Waals surface area contributed by atoms with E-state index in [0.717, 1.165) is 0 Å². The summed E-state index contributed by atoms with van der Waals surface area (Å²) in [5.41, 5.74) is 6.28. The van der Waals surface area contributed by atoms with E-state index >= 15 is 0 Å². The number of hydrogen-bond acceptors (Lipinski definition) is 4. The maximum absolute atomic E-state index is 13.1. The van der Waals surface area contributed by atoms with Crippen LogP contribution in [0.25, 0.3) is 0 Å². The minimum Gasteiger partial charge on any atom is -0.478 e. The first-order valence-electron chi connectivity index (χ1n) is 5.46. The molecule has 1 aromatic rings. The lowest BCUT2D eigenvalue weighted by Gasteiger charge is -2.16. The first kappa shape index (κ1) is 11.9. The highest BCUT2D eigenvalue weighted by Gasteiger charge is 2.29. The van der Waals surface area contributed by atoms with Gasteiger partial charge in [0.1, 0.15) is 11.6 Å². The number of benzene rings is 1. The zero-order valence-corrected chi connectivity index (χ0v) is 9.48. The molecular formula is C12H14FNO3. The Kier molecular flexibility index (Phi) is 3.28. The largest absolute Gasteiger partial charge is 0.478 e. The summed E-state index contributed by atoms with van der Waals surface area (Å²) in [7, 11) is 0. The molecule has 0 aromatic heterocycles. The molecule has 92 valence electrons. The van der Waals surface area contributed by atoms with Gasteiger partial charge in [-0.25, -0.2) is 9.18 Å². The molecule has 1 aromatic carbocycles. The number of carbonyl (C=O) groups excluding carboxylic acids is 1. The van der Waals surface area contributed by atoms with E-state index in [1.165, 1.54) is 18.2 Å². The lowest BCUT2D eigenvalue weighted by atomic mass is 10.1. The summed E-state index contributed by atoms with van der Waals surface area (Å²) in [5, 5.41) is 0. The Hall–Kier alpha value is -1.62. The van der Waals surface area contributed by atoms with Crippen LogP contribution < -0.4 is 10.5 Å². The van der Waals surface area contributed by atoms with Crippen LogP contribution in [0.15, 0.2) is 18.2 Å². The first-order valence-corrected chi connectivity index (χ1v) is 5.46. The molecule has 2 atom stereocenters. The van der Waals surface area contributed by atoms with Gasteiger partial charge in [-0.1, -0.05) is 0 Å². The fourth-order valence-electron chi connectivity index (χ4n) is 1.72. The summed E-state index contributed by atoms with van der Waals surface area (Å²) in [5.74, 6) is -0.325. The predicted octanol–water partition coefficient (Wildman–Crippen LogP) is 1.54. The Morgan fingerprint density at radius 1 is 1.59 bits per heavy atom. The van der Waals surface area contributed by atoms with Crippen molar-refractivity contribution in [3.8, 4) is 5.75 Å². The zero-order valence-electron chi connectivity index (χ0n) is 9.48. The van der Waals surface area contributed by atoms with Crippen LogP contribution in [0.5, 0.6) is 5.75 Å². The number of hydrogen-bond donors (Lipinski definition) is 1. The molecule has 1 unspecified atom stereocenters. The Morgan fingerprint density at radius 3 is 2.94 bits per heavy atom. The van der Waals surface area contributed by atoms with E-state index in [1.807, 2.05) is 0 Å². The molecule has 0 bridgehead atoms. The molecular weight excluding hydrogens is 225 g/mol. The quantitative estimate of drug-likeness (QED) is 0.813. The number of esters is 1. The van der Waals surface area contributed by atoms with Crippen LogP contribution in [0, 0.1) is 5.82 Å². The molecule has 1 fully saturated rings. The van der Waals surface area contributed by atoms with Crippen molar-refractivity contribution >= 4 is 5.97 Å². The average molecular weight is 239 g/mol. The number of ether oxygens (including phenoxy) is 2. The van der Waals surface area contributed by atoms with Crippen LogP contribution in [0.3, 0.4) is 0 Å². The van der Waals surface area contributed by atoms with Crippen molar-refractivity contribution in [2.24, 2.45) is 5.73 Å². The standard InChI is InChI=1S/C12H14FNO3/c1-7(14)9-6-8(13)2-3-10(9)17-11-4-5-16-12(11)15/h2-3,6-7,11H,4-5,14H2,1H3/t7-,11?/m1/s1. The van der Waals surface area contributed by atoms with E-state index in [9.17, 15) is 9.18 Å². The van der Waals surface area contributed by atoms with E-state index in [4.69, 9.17) is 15.2 Å². The van der Waals surface area contributed by atoms with Crippen LogP contribution in [-0.2, 0) is 9.53 Å². The molecule has 4 nitrogen and oxygen atoms in total. The second kappa shape index (κ2) is 4.71. The highest BCUT2D eigenvalue weighted by atomic mass is 19.1. The Labute approximate surface area is 98.5 Å². The maximum Gasteiger partial charge on any atom is 0.347 e. The van der Waals surface area contributed by atoms with E-state index in [0.29, 0.717) is 24.3 Å². The van der Waals surface area contributed by atoms with Crippen molar-refractivity contribution in [1.82, 2.24) is 0 Å². The molecule has 1 heterocycles. The van der Waals surface area contributed by atoms with Crippen LogP contribution in [0.2, 0.25) is 0 Å². The van der Waals surface area contributed by atoms with Gasteiger partial charge in [-0.15, -0.1) is 0 Å². The van der Waals surface area contributed by atoms with Crippen LogP contribution in [-0.4, -0.2) is 18.7 Å². The van der Waals surface area contributed by atoms with Crippen LogP contribution in [0.1, 0.15) is 24.9 Å². The number of cyclic esters (lactones) is 1. The maximum atomic E-state index is 13.1. The molecule has 0 spiro atoms. The number of carbonyl (C=O) groups is 1. The van der Waals surface area contributed by atoms with Gasteiger partial charge in [-0.05, 0) is 25.1 Å². The fraction of sp³-hybridized carbons (Fsp3) is 0.417. The predicted molar refractivity (Wildman–Crippen MR) is 59.0 cm³/mol. The third kappa shape index (κ3) is 2.55. The van der Waals surface area contributed by atoms with Crippen molar-refractivity contribution in [2.75, 3.05) is 6.61 Å². The zero-order chi connectivity index (χ0) is 12.4. The van der Waals surface area contributed by atoms with Gasteiger partial charge in [0.15, 0.2) is 6.10 Å². The van der Waals surface area contributed by atoms with Gasteiger partial charge in [-0.2, -0.15) is 0 Å². The Morgan fingerprint density at radius 2 is 2.35 bits per heavy atom. The van der Waals surface area contributed by atoms with E-state index in [-0.39, 0.29) is 17.8 Å². The molecule has 0 amide bonds. The number of halogens is 1. The van der Waals surface area contributed by atoms with E-state index in [2.05, 4.69) is 0 Å². The number of rotatable bonds is 3. The van der Waals surface area contributed by atoms with Gasteiger partial charge in [0.2, 0.25) is 0 Å². The monoisotopic (exact) mass is 239 g/mol. The highest BCUT2D eigenvalue weighted by molar-refractivity contribution is 5.76. The third-order valence-electron chi connectivity index (χ3n) is 2.62. The van der Waals surface area contributed by atoms with Crippen molar-refractivity contribution in [1.29, 1.82) is 0 Å². The molecule has 0 aliphatic carbocycles. The van der Waals surface area contributed by atoms with Gasteiger partial charge >= 0.3 is 5.97 Å². The molecule has 0 saturated carbocycles. The summed E-state index contributed by atoms with van der Waals surface area (Å²) in [6.45, 7) is 2.09. The van der Waals surface area contributed by atoms with E-state index in [1.54, 1.807) is 6.92 Å². The molecule has 1 saturated heterocycles. The molecule has 2 rings (SSSR count). The van der Waals surface area contributed by atoms with Crippen LogP contribution >= 0.6 is 0 Å². The van der Waals surface area contributed by atoms with Crippen molar-refractivity contribution in [2.45, 2.75) is 25.5 Å². The summed E-state index contributed by atoms with van der Waals surface area (Å²) < 4.78 is 23.4. The first-order chi connectivity index (χ1) is 8.08. The Bertz CT molecular complexity index is 434. The molecule has 1 aliphatic rings. The lowest BCUT2D eigenvalue weighted by molar-refractivity contribution is -0.143. The van der Waals surface area contributed by atoms with Crippen LogP contribution in [0.4, 0.5) is 4.39 Å². The molecule has 1 aliphatic heterocycles. The number of nitrogens with two attached hydrogens (primary N) is 1. The normalized spacial score (nSPS) is 21.1. The second-order valence-corrected chi connectivity index (χ2v) is 4.03. The molecule has 17 heavy (non-hydrogen) atoms. The lowest BCUT2D eigenvalue weighted by Crippen LogP contribution is -2.23. The minimum atomic E-state index is -0.613. The summed E-state index contributed by atoms with van der Waals surface area (Å²) in [6.07, 6.45) is -0.104. The summed E-state index contributed by atoms with van der Waals surface area (Å²) >= 11 is 0. The topological polar surface area (TPSA) is 61.6 Å². The van der Waals surface area contributed by atoms with E-state index < -0.39 is 6.10 Å². The average Bonchev–Trinajstić information content (AvgIpc) is 2.67. The van der Waals surface area contributed by atoms with Gasteiger partial charge in [0, 0.05) is 18.0 Å². The molecule has 5 heteroatoms. The van der Waals surface area contributed by atoms with Gasteiger partial charge in [0.05, 0.1) is 6.61 Å². The molecule has 0 radical (unpaired) electrons. The third-order valence-corrected chi connectivity index (χ3v) is 2.62. The summed E-state index contributed by atoms with van der Waals surface area (Å²) in [4.78, 5) is 11.3. The van der Waals surface area contributed by atoms with Crippen molar-refractivity contribution in [3.05, 3.63) is 29.6 Å². The fourth-order valence-corrected chi connectivity index (χ4v) is 1.72. The Balaban J connectivity index is 2.22. The minimum absolute atomic E-state index is 0.359. The van der Waals surface area contributed by atoms with Gasteiger partial charge in [-0.3, -0.25) is 0 Å². The van der Waals surface area contributed by atoms with Gasteiger partial charge < -0.3 is 15.2 Å². The highest BCUT2D eigenvalue weighted by Crippen LogP contribution is 2.27. The second-order valence-electron chi connectivity index (χ2n) is 4.03. The SMILES string of the molecule is C[C@@H](N)c1cc(F)ccc1OC1CCOC1=O. The molecule has 2 N–H and O–H groups in total. The van der Waals surface area contributed by atoms with Gasteiger partial charge in [0.25, 0.3) is 0 Å². The smallest absolute Gasteiger partial charge is 0.347 e.